The standard InChI is InChI=1S/C8H17ClSe/c1-3-4-5-6-7-8(9)10-2/h8H,3-7H2,1-2H3. The second kappa shape index (κ2) is 7.91. The van der Waals surface area contributed by atoms with E-state index in [-0.39, 0.29) is 0 Å². The van der Waals surface area contributed by atoms with Crippen molar-refractivity contribution in [3.63, 3.8) is 0 Å². The fourth-order valence-corrected chi connectivity index (χ4v) is 1.85. The van der Waals surface area contributed by atoms with E-state index in [2.05, 4.69) is 12.7 Å². The fraction of sp³-hybridized carbons (Fsp3) is 1.00. The van der Waals surface area contributed by atoms with Crippen LogP contribution in [0.5, 0.6) is 0 Å². The number of hydrogen-bond acceptors (Lipinski definition) is 0. The molecule has 0 fully saturated rings. The third-order valence-corrected chi connectivity index (χ3v) is 4.25. The third-order valence-electron chi connectivity index (χ3n) is 1.54. The Morgan fingerprint density at radius 3 is 2.50 bits per heavy atom. The molecular formula is C8H17ClSe. The van der Waals surface area contributed by atoms with Crippen LogP contribution >= 0.6 is 11.6 Å². The Morgan fingerprint density at radius 2 is 2.00 bits per heavy atom. The maximum absolute atomic E-state index is 5.97. The van der Waals surface area contributed by atoms with Gasteiger partial charge in [-0.1, -0.05) is 0 Å². The molecule has 0 aliphatic rings. The van der Waals surface area contributed by atoms with Crippen LogP contribution in [-0.4, -0.2) is 19.2 Å². The van der Waals surface area contributed by atoms with Crippen molar-refractivity contribution in [1.29, 1.82) is 0 Å². The van der Waals surface area contributed by atoms with Crippen molar-refractivity contribution in [3.05, 3.63) is 0 Å². The summed E-state index contributed by atoms with van der Waals surface area (Å²) in [4.78, 5) is 0. The van der Waals surface area contributed by atoms with Crippen LogP contribution in [0, 0.1) is 0 Å². The van der Waals surface area contributed by atoms with E-state index < -0.39 is 0 Å². The van der Waals surface area contributed by atoms with E-state index in [1.54, 1.807) is 0 Å². The molecule has 0 aliphatic carbocycles. The Labute approximate surface area is 75.9 Å². The van der Waals surface area contributed by atoms with Crippen LogP contribution in [0.3, 0.4) is 0 Å². The first-order valence-electron chi connectivity index (χ1n) is 3.98. The Bertz CT molecular complexity index is 66.3. The first-order valence-corrected chi connectivity index (χ1v) is 7.12. The van der Waals surface area contributed by atoms with Crippen molar-refractivity contribution >= 4 is 26.6 Å². The van der Waals surface area contributed by atoms with E-state index in [1.165, 1.54) is 32.1 Å². The summed E-state index contributed by atoms with van der Waals surface area (Å²) >= 11 is 6.62. The molecule has 62 valence electrons. The molecule has 0 saturated heterocycles. The predicted octanol–water partition coefficient (Wildman–Crippen LogP) is 3.27. The molecule has 0 aromatic heterocycles. The molecule has 0 bridgehead atoms. The molecule has 0 heterocycles. The summed E-state index contributed by atoms with van der Waals surface area (Å²) in [5.41, 5.74) is 0. The van der Waals surface area contributed by atoms with Crippen molar-refractivity contribution in [2.45, 2.75) is 49.1 Å². The summed E-state index contributed by atoms with van der Waals surface area (Å²) in [5, 5.41) is 0. The first-order chi connectivity index (χ1) is 4.81. The van der Waals surface area contributed by atoms with Crippen molar-refractivity contribution in [1.82, 2.24) is 0 Å². The Hall–Kier alpha value is 0.809. The van der Waals surface area contributed by atoms with Gasteiger partial charge in [0.05, 0.1) is 0 Å². The normalized spacial score (nSPS) is 13.5. The summed E-state index contributed by atoms with van der Waals surface area (Å²) < 4.78 is 0.490. The predicted molar refractivity (Wildman–Crippen MR) is 50.0 cm³/mol. The zero-order chi connectivity index (χ0) is 7.82. The van der Waals surface area contributed by atoms with E-state index in [4.69, 9.17) is 11.6 Å². The van der Waals surface area contributed by atoms with Crippen molar-refractivity contribution < 1.29 is 0 Å². The average molecular weight is 228 g/mol. The van der Waals surface area contributed by atoms with Crippen molar-refractivity contribution in [2.75, 3.05) is 0 Å². The van der Waals surface area contributed by atoms with Gasteiger partial charge in [-0.3, -0.25) is 0 Å². The number of halogens is 1. The molecule has 2 heteroatoms. The molecule has 0 radical (unpaired) electrons. The van der Waals surface area contributed by atoms with Gasteiger partial charge >= 0.3 is 75.7 Å². The van der Waals surface area contributed by atoms with Gasteiger partial charge in [0.1, 0.15) is 0 Å². The van der Waals surface area contributed by atoms with Crippen LogP contribution in [-0.2, 0) is 0 Å². The van der Waals surface area contributed by atoms with Gasteiger partial charge in [0, 0.05) is 0 Å². The minimum atomic E-state index is 0.490. The van der Waals surface area contributed by atoms with Crippen LogP contribution in [0.15, 0.2) is 0 Å². The molecule has 0 aromatic rings. The summed E-state index contributed by atoms with van der Waals surface area (Å²) in [5.74, 6) is 2.21. The molecule has 0 amide bonds. The van der Waals surface area contributed by atoms with E-state index in [9.17, 15) is 0 Å². The molecule has 10 heavy (non-hydrogen) atoms. The van der Waals surface area contributed by atoms with Gasteiger partial charge in [0.25, 0.3) is 0 Å². The second-order valence-electron chi connectivity index (χ2n) is 2.50. The first kappa shape index (κ1) is 10.8. The molecule has 0 rings (SSSR count). The number of rotatable bonds is 6. The molecule has 0 aliphatic heterocycles. The van der Waals surface area contributed by atoms with Crippen LogP contribution in [0.25, 0.3) is 0 Å². The van der Waals surface area contributed by atoms with Crippen LogP contribution in [0.1, 0.15) is 39.0 Å². The van der Waals surface area contributed by atoms with Crippen LogP contribution < -0.4 is 0 Å². The molecule has 0 aromatic carbocycles. The van der Waals surface area contributed by atoms with Crippen molar-refractivity contribution in [3.8, 4) is 0 Å². The molecule has 0 spiro atoms. The maximum atomic E-state index is 5.97. The third kappa shape index (κ3) is 6.92. The molecule has 1 unspecified atom stereocenters. The van der Waals surface area contributed by atoms with Gasteiger partial charge in [-0.25, -0.2) is 0 Å². The Kier molecular flexibility index (Phi) is 8.55. The van der Waals surface area contributed by atoms with E-state index in [0.29, 0.717) is 19.2 Å². The van der Waals surface area contributed by atoms with Crippen LogP contribution in [0.2, 0.25) is 5.82 Å². The van der Waals surface area contributed by atoms with E-state index >= 15 is 0 Å². The monoisotopic (exact) mass is 228 g/mol. The van der Waals surface area contributed by atoms with Crippen molar-refractivity contribution in [2.24, 2.45) is 0 Å². The van der Waals surface area contributed by atoms with Crippen LogP contribution in [0.4, 0.5) is 0 Å². The topological polar surface area (TPSA) is 0 Å². The Balaban J connectivity index is 2.89. The fourth-order valence-electron chi connectivity index (χ4n) is 0.849. The SMILES string of the molecule is CCCCCCC(Cl)[Se]C. The number of unbranched alkanes of at least 4 members (excludes halogenated alkanes) is 3. The van der Waals surface area contributed by atoms with E-state index in [1.807, 2.05) is 0 Å². The van der Waals surface area contributed by atoms with E-state index in [0.717, 1.165) is 0 Å². The summed E-state index contributed by atoms with van der Waals surface area (Å²) in [7, 11) is 0. The second-order valence-corrected chi connectivity index (χ2v) is 5.79. The zero-order valence-corrected chi connectivity index (χ0v) is 9.37. The summed E-state index contributed by atoms with van der Waals surface area (Å²) in [6, 6.07) is 0. The molecular weight excluding hydrogens is 211 g/mol. The number of alkyl halides is 1. The van der Waals surface area contributed by atoms with Gasteiger partial charge in [0.15, 0.2) is 0 Å². The average Bonchev–Trinajstić information content (AvgIpc) is 1.98. The summed E-state index contributed by atoms with van der Waals surface area (Å²) in [6.07, 6.45) is 6.63. The van der Waals surface area contributed by atoms with Gasteiger partial charge in [0.2, 0.25) is 0 Å². The van der Waals surface area contributed by atoms with Gasteiger partial charge in [-0.15, -0.1) is 0 Å². The molecule has 0 N–H and O–H groups in total. The minimum absolute atomic E-state index is 0.490. The van der Waals surface area contributed by atoms with Gasteiger partial charge < -0.3 is 0 Å². The zero-order valence-electron chi connectivity index (χ0n) is 6.90. The van der Waals surface area contributed by atoms with Gasteiger partial charge in [-0.05, 0) is 0 Å². The Morgan fingerprint density at radius 1 is 1.30 bits per heavy atom. The van der Waals surface area contributed by atoms with Gasteiger partial charge in [-0.2, -0.15) is 0 Å². The quantitative estimate of drug-likeness (QED) is 0.371. The molecule has 0 saturated carbocycles. The molecule has 0 nitrogen and oxygen atoms in total. The summed E-state index contributed by atoms with van der Waals surface area (Å²) in [6.45, 7) is 2.24. The number of hydrogen-bond donors (Lipinski definition) is 0. The molecule has 1 atom stereocenters.